The van der Waals surface area contributed by atoms with E-state index in [2.05, 4.69) is 4.98 Å². The molecule has 15 heteroatoms. The molecule has 2 heterocycles. The van der Waals surface area contributed by atoms with Gasteiger partial charge >= 0.3 is 0 Å². The standard InChI is InChI=1S/C24H15F3N4O7S/c1-37-17-8-12(2-6-16(17)38-20-7-3-13(10-28-20)31(35)36)9-18-23(33)30(24(34)39-18)11-19(32)29-15-5-4-14(25)21(26)22(15)27/h2-10H,11H2,1H3,(H,29,32)/b18-9+. The summed E-state index contributed by atoms with van der Waals surface area (Å²) in [7, 11) is 1.36. The molecule has 0 atom stereocenters. The second-order valence-electron chi connectivity index (χ2n) is 7.66. The molecule has 3 amide bonds. The highest BCUT2D eigenvalue weighted by atomic mass is 32.2. The third-order valence-electron chi connectivity index (χ3n) is 5.12. The van der Waals surface area contributed by atoms with Gasteiger partial charge in [0.2, 0.25) is 11.8 Å². The summed E-state index contributed by atoms with van der Waals surface area (Å²) < 4.78 is 51.2. The van der Waals surface area contributed by atoms with Gasteiger partial charge < -0.3 is 14.8 Å². The predicted molar refractivity (Wildman–Crippen MR) is 132 cm³/mol. The summed E-state index contributed by atoms with van der Waals surface area (Å²) in [5.74, 6) is -6.16. The van der Waals surface area contributed by atoms with Crippen LogP contribution in [0.15, 0.2) is 53.6 Å². The number of nitro groups is 1. The molecule has 4 rings (SSSR count). The molecule has 0 radical (unpaired) electrons. The van der Waals surface area contributed by atoms with Crippen molar-refractivity contribution in [1.29, 1.82) is 0 Å². The molecule has 11 nitrogen and oxygen atoms in total. The molecule has 1 fully saturated rings. The number of nitrogens with zero attached hydrogens (tertiary/aromatic N) is 3. The van der Waals surface area contributed by atoms with E-state index in [-0.39, 0.29) is 28.0 Å². The van der Waals surface area contributed by atoms with Crippen LogP contribution in [0.2, 0.25) is 0 Å². The summed E-state index contributed by atoms with van der Waals surface area (Å²) in [6, 6.07) is 8.46. The zero-order chi connectivity index (χ0) is 28.3. The first kappa shape index (κ1) is 27.1. The second kappa shape index (κ2) is 11.2. The molecule has 0 unspecified atom stereocenters. The molecule has 1 N–H and O–H groups in total. The first-order valence-electron chi connectivity index (χ1n) is 10.7. The number of carbonyl (C=O) groups excluding carboxylic acids is 3. The Morgan fingerprint density at radius 2 is 1.90 bits per heavy atom. The highest BCUT2D eigenvalue weighted by Crippen LogP contribution is 2.36. The molecule has 39 heavy (non-hydrogen) atoms. The van der Waals surface area contributed by atoms with Gasteiger partial charge in [-0.2, -0.15) is 0 Å². The fraction of sp³-hybridized carbons (Fsp3) is 0.0833. The number of hydrogen-bond donors (Lipinski definition) is 1. The summed E-state index contributed by atoms with van der Waals surface area (Å²) in [4.78, 5) is 52.0. The van der Waals surface area contributed by atoms with Gasteiger partial charge in [-0.25, -0.2) is 18.2 Å². The van der Waals surface area contributed by atoms with Gasteiger partial charge in [-0.3, -0.25) is 29.4 Å². The quantitative estimate of drug-likeness (QED) is 0.177. The molecule has 3 aromatic rings. The van der Waals surface area contributed by atoms with E-state index in [1.165, 1.54) is 43.5 Å². The van der Waals surface area contributed by atoms with Crippen molar-refractivity contribution < 1.29 is 42.0 Å². The van der Waals surface area contributed by atoms with E-state index < -0.39 is 51.7 Å². The smallest absolute Gasteiger partial charge is 0.294 e. The fourth-order valence-corrected chi connectivity index (χ4v) is 4.09. The summed E-state index contributed by atoms with van der Waals surface area (Å²) in [6.07, 6.45) is 2.40. The van der Waals surface area contributed by atoms with Crippen molar-refractivity contribution in [2.45, 2.75) is 0 Å². The van der Waals surface area contributed by atoms with Crippen molar-refractivity contribution in [3.63, 3.8) is 0 Å². The zero-order valence-electron chi connectivity index (χ0n) is 19.6. The van der Waals surface area contributed by atoms with Crippen LogP contribution in [0, 0.1) is 27.6 Å². The number of ether oxygens (including phenoxy) is 2. The topological polar surface area (TPSA) is 141 Å². The highest BCUT2D eigenvalue weighted by Gasteiger charge is 2.36. The Hall–Kier alpha value is -4.92. The maximum Gasteiger partial charge on any atom is 0.294 e. The average molecular weight is 560 g/mol. The number of thioether (sulfide) groups is 1. The van der Waals surface area contributed by atoms with Gasteiger partial charge in [0.25, 0.3) is 16.8 Å². The maximum absolute atomic E-state index is 13.8. The Labute approximate surface area is 221 Å². The number of pyridine rings is 1. The fourth-order valence-electron chi connectivity index (χ4n) is 3.26. The Morgan fingerprint density at radius 3 is 2.56 bits per heavy atom. The van der Waals surface area contributed by atoms with Gasteiger partial charge in [-0.05, 0) is 47.7 Å². The third-order valence-corrected chi connectivity index (χ3v) is 6.02. The van der Waals surface area contributed by atoms with Crippen molar-refractivity contribution in [2.75, 3.05) is 19.0 Å². The van der Waals surface area contributed by atoms with Crippen LogP contribution in [-0.2, 0) is 9.59 Å². The lowest BCUT2D eigenvalue weighted by Gasteiger charge is -2.13. The molecule has 1 aromatic heterocycles. The van der Waals surface area contributed by atoms with Crippen molar-refractivity contribution >= 4 is 46.3 Å². The first-order valence-corrected chi connectivity index (χ1v) is 11.5. The lowest BCUT2D eigenvalue weighted by molar-refractivity contribution is -0.385. The van der Waals surface area contributed by atoms with Crippen molar-refractivity contribution in [3.05, 3.63) is 86.7 Å². The molecule has 0 saturated carbocycles. The number of amides is 3. The van der Waals surface area contributed by atoms with Crippen molar-refractivity contribution in [2.24, 2.45) is 0 Å². The molecule has 1 saturated heterocycles. The molecule has 1 aliphatic rings. The van der Waals surface area contributed by atoms with Gasteiger partial charge in [0.05, 0.1) is 22.6 Å². The van der Waals surface area contributed by atoms with E-state index in [9.17, 15) is 37.7 Å². The van der Waals surface area contributed by atoms with Crippen molar-refractivity contribution in [1.82, 2.24) is 9.88 Å². The van der Waals surface area contributed by atoms with E-state index in [1.54, 1.807) is 0 Å². The number of anilines is 1. The molecular weight excluding hydrogens is 545 g/mol. The van der Waals surface area contributed by atoms with E-state index in [0.717, 1.165) is 12.3 Å². The Bertz CT molecular complexity index is 1530. The van der Waals surface area contributed by atoms with Crippen molar-refractivity contribution in [3.8, 4) is 17.4 Å². The SMILES string of the molecule is COc1cc(/C=C2/SC(=O)N(CC(=O)Nc3ccc(F)c(F)c3F)C2=O)ccc1Oc1ccc([N+](=O)[O-])cn1. The predicted octanol–water partition coefficient (Wildman–Crippen LogP) is 4.88. The van der Waals surface area contributed by atoms with Gasteiger partial charge in [0.1, 0.15) is 12.7 Å². The number of imide groups is 1. The van der Waals surface area contributed by atoms with Gasteiger partial charge in [0.15, 0.2) is 29.0 Å². The van der Waals surface area contributed by atoms with Crippen LogP contribution in [0.25, 0.3) is 6.08 Å². The lowest BCUT2D eigenvalue weighted by Crippen LogP contribution is -2.36. The number of carbonyl (C=O) groups is 3. The average Bonchev–Trinajstić information content (AvgIpc) is 3.17. The second-order valence-corrected chi connectivity index (χ2v) is 8.66. The highest BCUT2D eigenvalue weighted by molar-refractivity contribution is 8.18. The number of hydrogen-bond acceptors (Lipinski definition) is 9. The Morgan fingerprint density at radius 1 is 1.13 bits per heavy atom. The molecule has 0 spiro atoms. The van der Waals surface area contributed by atoms with Crippen LogP contribution in [0.5, 0.6) is 17.4 Å². The molecular formula is C24H15F3N4O7S. The Kier molecular flexibility index (Phi) is 7.80. The maximum atomic E-state index is 13.8. The summed E-state index contributed by atoms with van der Waals surface area (Å²) in [6.45, 7) is -0.793. The van der Waals surface area contributed by atoms with Crippen LogP contribution < -0.4 is 14.8 Å². The number of halogens is 3. The lowest BCUT2D eigenvalue weighted by atomic mass is 10.2. The number of rotatable bonds is 8. The first-order chi connectivity index (χ1) is 18.6. The molecule has 1 aliphatic heterocycles. The number of benzene rings is 2. The number of methoxy groups -OCH3 is 1. The van der Waals surface area contributed by atoms with E-state index in [4.69, 9.17) is 9.47 Å². The van der Waals surface area contributed by atoms with Gasteiger partial charge in [-0.1, -0.05) is 6.07 Å². The molecule has 0 aliphatic carbocycles. The number of nitrogens with one attached hydrogen (secondary N) is 1. The van der Waals surface area contributed by atoms with E-state index >= 15 is 0 Å². The van der Waals surface area contributed by atoms with Crippen LogP contribution in [0.1, 0.15) is 5.56 Å². The minimum absolute atomic E-state index is 0.0282. The minimum atomic E-state index is -1.78. The molecule has 200 valence electrons. The van der Waals surface area contributed by atoms with Crippen LogP contribution in [-0.4, -0.2) is 45.5 Å². The van der Waals surface area contributed by atoms with Gasteiger partial charge in [-0.15, -0.1) is 0 Å². The Balaban J connectivity index is 1.46. The molecule has 0 bridgehead atoms. The monoisotopic (exact) mass is 560 g/mol. The largest absolute Gasteiger partial charge is 0.493 e. The normalized spacial score (nSPS) is 14.1. The van der Waals surface area contributed by atoms with E-state index in [0.29, 0.717) is 28.3 Å². The summed E-state index contributed by atoms with van der Waals surface area (Å²) >= 11 is 0.554. The van der Waals surface area contributed by atoms with E-state index in [1.807, 2.05) is 5.32 Å². The van der Waals surface area contributed by atoms with Gasteiger partial charge in [0, 0.05) is 12.1 Å². The minimum Gasteiger partial charge on any atom is -0.493 e. The van der Waals surface area contributed by atoms with Crippen LogP contribution >= 0.6 is 11.8 Å². The summed E-state index contributed by atoms with van der Waals surface area (Å²) in [5, 5.41) is 12.0. The van der Waals surface area contributed by atoms with Crippen LogP contribution in [0.3, 0.4) is 0 Å². The molecule has 2 aromatic carbocycles. The zero-order valence-corrected chi connectivity index (χ0v) is 20.5. The number of aromatic nitrogens is 1. The summed E-state index contributed by atoms with van der Waals surface area (Å²) in [5.41, 5.74) is -0.443. The third kappa shape index (κ3) is 5.98. The van der Waals surface area contributed by atoms with Crippen LogP contribution in [0.4, 0.5) is 29.3 Å².